The summed E-state index contributed by atoms with van der Waals surface area (Å²) in [6.45, 7) is 0. The fourth-order valence-corrected chi connectivity index (χ4v) is 6.29. The highest BCUT2D eigenvalue weighted by Gasteiger charge is 2.15. The van der Waals surface area contributed by atoms with Crippen LogP contribution in [0.4, 0.5) is 38.9 Å². The molecule has 0 radical (unpaired) electrons. The lowest BCUT2D eigenvalue weighted by Crippen LogP contribution is -2.19. The van der Waals surface area contributed by atoms with Gasteiger partial charge in [0.15, 0.2) is 0 Å². The third-order valence-corrected chi connectivity index (χ3v) is 9.42. The Labute approximate surface area is 302 Å². The summed E-state index contributed by atoms with van der Waals surface area (Å²) in [7, 11) is -7.22. The van der Waals surface area contributed by atoms with E-state index in [1.807, 2.05) is 42.5 Å². The van der Waals surface area contributed by atoms with Gasteiger partial charge in [0, 0.05) is 28.4 Å². The first kappa shape index (κ1) is 38.1. The van der Waals surface area contributed by atoms with Gasteiger partial charge in [-0.05, 0) is 97.1 Å². The minimum absolute atomic E-state index is 0.107. The van der Waals surface area contributed by atoms with Gasteiger partial charge in [0.1, 0.15) is 0 Å². The molecule has 0 fully saturated rings. The molecule has 0 aliphatic heterocycles. The number of sulfonamides is 2. The van der Waals surface area contributed by atoms with Crippen LogP contribution >= 0.6 is 0 Å². The summed E-state index contributed by atoms with van der Waals surface area (Å²) in [5.41, 5.74) is 8.85. The molecule has 0 saturated heterocycles. The van der Waals surface area contributed by atoms with Gasteiger partial charge in [-0.15, -0.1) is 0 Å². The molecule has 0 aromatic heterocycles. The zero-order valence-electron chi connectivity index (χ0n) is 27.5. The number of para-hydroxylation sites is 4. The number of rotatable bonds is 9. The quantitative estimate of drug-likeness (QED) is 0.0568. The van der Waals surface area contributed by atoms with E-state index in [0.29, 0.717) is 34.1 Å². The number of hydrogen-bond donors (Lipinski definition) is 5. The number of urea groups is 1. The first-order chi connectivity index (χ1) is 25.0. The summed E-state index contributed by atoms with van der Waals surface area (Å²) in [5.74, 6) is 0. The predicted octanol–water partition coefficient (Wildman–Crippen LogP) is 7.85. The third kappa shape index (κ3) is 12.6. The number of carbonyl (C=O) groups is 1. The van der Waals surface area contributed by atoms with Crippen molar-refractivity contribution in [2.24, 2.45) is 4.99 Å². The van der Waals surface area contributed by atoms with E-state index in [1.165, 1.54) is 42.5 Å². The Bertz CT molecular complexity index is 2270. The first-order valence-electron chi connectivity index (χ1n) is 15.4. The second-order valence-electron chi connectivity index (χ2n) is 10.5. The van der Waals surface area contributed by atoms with Gasteiger partial charge < -0.3 is 16.4 Å². The molecule has 0 spiro atoms. The van der Waals surface area contributed by atoms with Gasteiger partial charge in [-0.1, -0.05) is 72.8 Å². The van der Waals surface area contributed by atoms with Crippen molar-refractivity contribution in [2.75, 3.05) is 25.8 Å². The first-order valence-corrected chi connectivity index (χ1v) is 18.4. The number of benzene rings is 6. The lowest BCUT2D eigenvalue weighted by molar-refractivity contribution is 0.262. The van der Waals surface area contributed by atoms with E-state index < -0.39 is 26.1 Å². The third-order valence-electron chi connectivity index (χ3n) is 6.63. The molecule has 6 aromatic carbocycles. The van der Waals surface area contributed by atoms with E-state index in [0.717, 1.165) is 0 Å². The molecule has 52 heavy (non-hydrogen) atoms. The van der Waals surface area contributed by atoms with Crippen molar-refractivity contribution in [1.82, 2.24) is 0 Å². The molecule has 6 aromatic rings. The molecule has 0 heterocycles. The number of nitrogens with zero attached hydrogens (tertiary/aromatic N) is 1. The molecule has 0 saturated carbocycles. The number of nitrogens with two attached hydrogens (primary N) is 1. The Morgan fingerprint density at radius 3 is 1.23 bits per heavy atom. The molecule has 14 heteroatoms. The highest BCUT2D eigenvalue weighted by atomic mass is 32.2. The highest BCUT2D eigenvalue weighted by Crippen LogP contribution is 2.19. The number of anilines is 5. The van der Waals surface area contributed by atoms with Crippen molar-refractivity contribution in [3.8, 4) is 0 Å². The van der Waals surface area contributed by atoms with Crippen LogP contribution in [0.5, 0.6) is 0 Å². The summed E-state index contributed by atoms with van der Waals surface area (Å²) in [6.07, 6.45) is 1.46. The van der Waals surface area contributed by atoms with Gasteiger partial charge in [-0.3, -0.25) is 9.44 Å². The maximum atomic E-state index is 12.4. The summed E-state index contributed by atoms with van der Waals surface area (Å²) in [4.78, 5) is 25.3. The minimum atomic E-state index is -3.69. The van der Waals surface area contributed by atoms with Crippen LogP contribution < -0.4 is 25.8 Å². The summed E-state index contributed by atoms with van der Waals surface area (Å²) in [5, 5.41) is 5.34. The van der Waals surface area contributed by atoms with Crippen LogP contribution in [0.1, 0.15) is 0 Å². The van der Waals surface area contributed by atoms with E-state index in [2.05, 4.69) is 25.1 Å². The van der Waals surface area contributed by atoms with Gasteiger partial charge in [-0.25, -0.2) is 26.4 Å². The number of nitrogens with one attached hydrogen (secondary N) is 4. The summed E-state index contributed by atoms with van der Waals surface area (Å²) < 4.78 is 53.6. The molecule has 12 nitrogen and oxygen atoms in total. The van der Waals surface area contributed by atoms with E-state index >= 15 is 0 Å². The second kappa shape index (κ2) is 18.9. The fourth-order valence-electron chi connectivity index (χ4n) is 4.18. The number of nitrogen functional groups attached to an aromatic ring is 1. The van der Waals surface area contributed by atoms with Gasteiger partial charge in [0.2, 0.25) is 6.08 Å². The van der Waals surface area contributed by atoms with Crippen LogP contribution in [0.25, 0.3) is 0 Å². The SMILES string of the molecule is Nc1ccc(S(=O)(=O)Nc2ccccc2)cc1.O=C(Nc1ccccc1)Nc1ccc(S(=O)(=O)Nc2ccccc2)cc1.O=C=Nc1ccccc1. The summed E-state index contributed by atoms with van der Waals surface area (Å²) >= 11 is 0. The van der Waals surface area contributed by atoms with Crippen LogP contribution in [0.2, 0.25) is 0 Å². The zero-order chi connectivity index (χ0) is 37.2. The van der Waals surface area contributed by atoms with Crippen molar-refractivity contribution >= 4 is 66.3 Å². The Morgan fingerprint density at radius 2 is 0.827 bits per heavy atom. The second-order valence-corrected chi connectivity index (χ2v) is 13.9. The lowest BCUT2D eigenvalue weighted by Gasteiger charge is -2.10. The molecule has 6 N–H and O–H groups in total. The van der Waals surface area contributed by atoms with Gasteiger partial charge >= 0.3 is 6.03 Å². The molecule has 6 rings (SSSR count). The van der Waals surface area contributed by atoms with Crippen LogP contribution in [0.3, 0.4) is 0 Å². The minimum Gasteiger partial charge on any atom is -0.399 e. The molecular weight excluding hydrogens is 701 g/mol. The Hall–Kier alpha value is -6.73. The summed E-state index contributed by atoms with van der Waals surface area (Å²) in [6, 6.07) is 46.9. The standard InChI is InChI=1S/C19H17N3O3S.C12H12N2O2S.C7H5NO/c23-19(20-15-7-3-1-4-8-15)21-16-11-13-18(14-12-16)26(24,25)22-17-9-5-2-6-10-17;13-10-6-8-12(9-7-10)17(15,16)14-11-4-2-1-3-5-11;9-6-8-7-4-2-1-3-5-7/h1-14,22H,(H2,20,21,23);1-9,14H,13H2;1-5H. The fraction of sp³-hybridized carbons (Fsp3) is 0. The Morgan fingerprint density at radius 1 is 0.481 bits per heavy atom. The lowest BCUT2D eigenvalue weighted by atomic mass is 10.3. The average molecular weight is 735 g/mol. The zero-order valence-corrected chi connectivity index (χ0v) is 29.1. The molecule has 0 aliphatic carbocycles. The Balaban J connectivity index is 0.000000198. The van der Waals surface area contributed by atoms with E-state index in [1.54, 1.807) is 91.0 Å². The molecular formula is C38H34N6O6S2. The van der Waals surface area contributed by atoms with Crippen molar-refractivity contribution in [1.29, 1.82) is 0 Å². The number of isocyanates is 1. The van der Waals surface area contributed by atoms with E-state index in [9.17, 15) is 26.4 Å². The van der Waals surface area contributed by atoms with Gasteiger partial charge in [-0.2, -0.15) is 4.99 Å². The monoisotopic (exact) mass is 734 g/mol. The normalized spacial score (nSPS) is 10.4. The highest BCUT2D eigenvalue weighted by molar-refractivity contribution is 7.93. The number of hydrogen-bond acceptors (Lipinski definition) is 8. The molecule has 2 amide bonds. The Kier molecular flexibility index (Phi) is 13.8. The molecule has 0 aliphatic rings. The van der Waals surface area contributed by atoms with Crippen molar-refractivity contribution in [3.63, 3.8) is 0 Å². The molecule has 264 valence electrons. The maximum Gasteiger partial charge on any atom is 0.323 e. The number of aliphatic imine (C=N–C) groups is 1. The van der Waals surface area contributed by atoms with Crippen molar-refractivity contribution in [3.05, 3.63) is 170 Å². The van der Waals surface area contributed by atoms with Crippen LogP contribution in [-0.4, -0.2) is 28.9 Å². The number of amides is 2. The van der Waals surface area contributed by atoms with Gasteiger partial charge in [0.05, 0.1) is 15.5 Å². The van der Waals surface area contributed by atoms with E-state index in [-0.39, 0.29) is 9.79 Å². The van der Waals surface area contributed by atoms with Crippen LogP contribution in [-0.2, 0) is 24.8 Å². The predicted molar refractivity (Wildman–Crippen MR) is 205 cm³/mol. The number of carbonyl (C=O) groups excluding carboxylic acids is 2. The average Bonchev–Trinajstić information content (AvgIpc) is 3.14. The van der Waals surface area contributed by atoms with Crippen molar-refractivity contribution in [2.45, 2.75) is 9.79 Å². The van der Waals surface area contributed by atoms with Gasteiger partial charge in [0.25, 0.3) is 20.0 Å². The molecule has 0 bridgehead atoms. The van der Waals surface area contributed by atoms with Crippen molar-refractivity contribution < 1.29 is 26.4 Å². The smallest absolute Gasteiger partial charge is 0.323 e. The molecule has 0 atom stereocenters. The topological polar surface area (TPSA) is 189 Å². The van der Waals surface area contributed by atoms with Crippen LogP contribution in [0, 0.1) is 0 Å². The van der Waals surface area contributed by atoms with Crippen LogP contribution in [0.15, 0.2) is 185 Å². The molecule has 0 unspecified atom stereocenters. The maximum absolute atomic E-state index is 12.4. The largest absolute Gasteiger partial charge is 0.399 e. The van der Waals surface area contributed by atoms with E-state index in [4.69, 9.17) is 5.73 Å².